The van der Waals surface area contributed by atoms with Gasteiger partial charge in [0.05, 0.1) is 46.8 Å². The van der Waals surface area contributed by atoms with E-state index in [1.165, 1.54) is 18.2 Å². The van der Waals surface area contributed by atoms with Gasteiger partial charge in [0, 0.05) is 38.3 Å². The smallest absolute Gasteiger partial charge is 0.296 e. The van der Waals surface area contributed by atoms with Crippen LogP contribution >= 0.6 is 0 Å². The van der Waals surface area contributed by atoms with E-state index in [1.54, 1.807) is 48.5 Å². The Hall–Kier alpha value is -5.71. The van der Waals surface area contributed by atoms with E-state index in [1.807, 2.05) is 4.90 Å². The Labute approximate surface area is 357 Å². The Morgan fingerprint density at radius 2 is 1.10 bits per heavy atom. The first-order valence-corrected chi connectivity index (χ1v) is 24.1. The third-order valence-electron chi connectivity index (χ3n) is 8.67. The normalized spacial score (nSPS) is 14.2. The van der Waals surface area contributed by atoms with Crippen molar-refractivity contribution in [1.82, 2.24) is 20.3 Å². The lowest BCUT2D eigenvalue weighted by Crippen LogP contribution is -2.44. The molecular weight excluding hydrogens is 893 g/mol. The zero-order valence-corrected chi connectivity index (χ0v) is 36.0. The number of nitrogens with one attached hydrogen (secondary N) is 2. The van der Waals surface area contributed by atoms with Crippen LogP contribution in [0.2, 0.25) is 0 Å². The Bertz CT molecular complexity index is 2850. The molecule has 4 aromatic carbocycles. The van der Waals surface area contributed by atoms with Gasteiger partial charge >= 0.3 is 0 Å². The summed E-state index contributed by atoms with van der Waals surface area (Å²) in [5.41, 5.74) is 2.25. The zero-order valence-electron chi connectivity index (χ0n) is 32.7. The molecule has 1 aliphatic rings. The molecule has 1 saturated heterocycles. The number of aromatic nitrogens is 3. The predicted molar refractivity (Wildman–Crippen MR) is 224 cm³/mol. The summed E-state index contributed by atoms with van der Waals surface area (Å²) in [4.78, 5) is 15.2. The monoisotopic (exact) mass is 930 g/mol. The maximum atomic E-state index is 12.4. The van der Waals surface area contributed by atoms with E-state index < -0.39 is 61.8 Å². The number of piperazine rings is 1. The second-order valence-electron chi connectivity index (χ2n) is 13.4. The van der Waals surface area contributed by atoms with E-state index in [-0.39, 0.29) is 28.5 Å². The van der Waals surface area contributed by atoms with E-state index in [0.717, 1.165) is 51.1 Å². The fourth-order valence-electron chi connectivity index (χ4n) is 5.87. The van der Waals surface area contributed by atoms with Crippen LogP contribution in [0.1, 0.15) is 22.5 Å². The van der Waals surface area contributed by atoms with Crippen molar-refractivity contribution in [3.05, 3.63) is 107 Å². The highest BCUT2D eigenvalue weighted by molar-refractivity contribution is 7.87. The highest BCUT2D eigenvalue weighted by atomic mass is 32.2. The second kappa shape index (κ2) is 19.1. The molecule has 2 heterocycles. The van der Waals surface area contributed by atoms with Crippen LogP contribution in [-0.4, -0.2) is 98.1 Å². The van der Waals surface area contributed by atoms with Gasteiger partial charge in [-0.25, -0.2) is 0 Å². The molecule has 1 fully saturated rings. The average Bonchev–Trinajstić information content (AvgIpc) is 3.22. The van der Waals surface area contributed by atoms with Crippen molar-refractivity contribution in [3.63, 3.8) is 0 Å². The first kappa shape index (κ1) is 45.8. The quantitative estimate of drug-likeness (QED) is 0.0548. The highest BCUT2D eigenvalue weighted by Crippen LogP contribution is 2.29. The van der Waals surface area contributed by atoms with Gasteiger partial charge in [0.1, 0.15) is 17.3 Å². The molecule has 62 heavy (non-hydrogen) atoms. The number of nitrogens with zero attached hydrogens (tertiary/aromatic N) is 8. The number of benzene rings is 4. The van der Waals surface area contributed by atoms with Crippen molar-refractivity contribution < 1.29 is 51.1 Å². The molecule has 1 aliphatic heterocycles. The molecule has 22 nitrogen and oxygen atoms in total. The largest absolute Gasteiger partial charge is 0.338 e. The molecule has 0 atom stereocenters. The number of hydrogen-bond acceptors (Lipinski definition) is 20. The van der Waals surface area contributed by atoms with Crippen LogP contribution < -0.4 is 15.5 Å². The summed E-state index contributed by atoms with van der Waals surface area (Å²) < 4.78 is 123. The van der Waals surface area contributed by atoms with Crippen LogP contribution in [0.15, 0.2) is 115 Å². The van der Waals surface area contributed by atoms with E-state index >= 15 is 0 Å². The van der Waals surface area contributed by atoms with Crippen molar-refractivity contribution in [2.75, 3.05) is 50.6 Å². The van der Waals surface area contributed by atoms with Gasteiger partial charge in [-0.05, 0) is 83.4 Å². The molecule has 6 rings (SSSR count). The van der Waals surface area contributed by atoms with Gasteiger partial charge < -0.3 is 15.5 Å². The van der Waals surface area contributed by atoms with Crippen LogP contribution in [0.25, 0.3) is 0 Å². The SMILES string of the molecule is COS(=O)(=O)c1cc(N=Nc2ccc(Nc3nc(Cc4ccc(N=Nc5cc(CS(=O)(=O)O)cc(CS(=O)(=O)O)c5)cc4)nc(N4CCNCC4)n3)cc2)cc(S(=O)(=O)OC)c1. The third kappa shape index (κ3) is 13.1. The summed E-state index contributed by atoms with van der Waals surface area (Å²) in [5.74, 6) is -0.422. The van der Waals surface area contributed by atoms with Crippen LogP contribution in [0.5, 0.6) is 0 Å². The molecule has 0 radical (unpaired) electrons. The van der Waals surface area contributed by atoms with Gasteiger partial charge in [0.25, 0.3) is 40.5 Å². The number of anilines is 3. The first-order chi connectivity index (χ1) is 29.3. The average molecular weight is 931 g/mol. The highest BCUT2D eigenvalue weighted by Gasteiger charge is 2.22. The zero-order chi connectivity index (χ0) is 44.7. The van der Waals surface area contributed by atoms with E-state index in [4.69, 9.17) is 4.98 Å². The lowest BCUT2D eigenvalue weighted by molar-refractivity contribution is 0.395. The van der Waals surface area contributed by atoms with Gasteiger partial charge in [0.2, 0.25) is 11.9 Å². The molecule has 0 amide bonds. The van der Waals surface area contributed by atoms with E-state index in [9.17, 15) is 42.8 Å². The third-order valence-corrected chi connectivity index (χ3v) is 12.6. The maximum absolute atomic E-state index is 12.4. The molecule has 4 N–H and O–H groups in total. The Kier molecular flexibility index (Phi) is 14.1. The fourth-order valence-corrected chi connectivity index (χ4v) is 8.58. The Balaban J connectivity index is 1.19. The lowest BCUT2D eigenvalue weighted by atomic mass is 10.1. The Morgan fingerprint density at radius 3 is 1.60 bits per heavy atom. The molecule has 0 unspecified atom stereocenters. The van der Waals surface area contributed by atoms with Crippen LogP contribution in [0.3, 0.4) is 0 Å². The van der Waals surface area contributed by atoms with E-state index in [2.05, 4.69) is 49.4 Å². The minimum atomic E-state index is -4.45. The maximum Gasteiger partial charge on any atom is 0.296 e. The molecule has 0 saturated carbocycles. The van der Waals surface area contributed by atoms with Crippen molar-refractivity contribution in [2.45, 2.75) is 27.7 Å². The fraction of sp³-hybridized carbons (Fsp3) is 0.250. The van der Waals surface area contributed by atoms with Gasteiger partial charge in [-0.2, -0.15) is 69.1 Å². The summed E-state index contributed by atoms with van der Waals surface area (Å²) in [6, 6.07) is 20.5. The predicted octanol–water partition coefficient (Wildman–Crippen LogP) is 4.89. The molecule has 0 spiro atoms. The molecule has 328 valence electrons. The van der Waals surface area contributed by atoms with Crippen molar-refractivity contribution >= 4 is 80.8 Å². The minimum Gasteiger partial charge on any atom is -0.338 e. The number of rotatable bonds is 17. The van der Waals surface area contributed by atoms with Gasteiger partial charge in [-0.15, -0.1) is 0 Å². The van der Waals surface area contributed by atoms with Gasteiger partial charge in [0.15, 0.2) is 0 Å². The molecule has 1 aromatic heterocycles. The molecular formula is C36H38N10O12S4. The van der Waals surface area contributed by atoms with Crippen LogP contribution in [0.4, 0.5) is 40.3 Å². The molecule has 5 aromatic rings. The van der Waals surface area contributed by atoms with Crippen molar-refractivity contribution in [1.29, 1.82) is 0 Å². The van der Waals surface area contributed by atoms with Crippen molar-refractivity contribution in [2.24, 2.45) is 20.5 Å². The van der Waals surface area contributed by atoms with Crippen LogP contribution in [-0.2, 0) is 66.8 Å². The molecule has 0 aliphatic carbocycles. The summed E-state index contributed by atoms with van der Waals surface area (Å²) in [5, 5.41) is 22.9. The summed E-state index contributed by atoms with van der Waals surface area (Å²) in [7, 11) is -15.6. The topological polar surface area (TPSA) is 311 Å². The lowest BCUT2D eigenvalue weighted by Gasteiger charge is -2.27. The number of azo groups is 2. The minimum absolute atomic E-state index is 0.0477. The molecule has 26 heteroatoms. The van der Waals surface area contributed by atoms with Crippen LogP contribution in [0, 0.1) is 0 Å². The summed E-state index contributed by atoms with van der Waals surface area (Å²) in [6.07, 6.45) is 0.296. The van der Waals surface area contributed by atoms with Crippen molar-refractivity contribution in [3.8, 4) is 0 Å². The summed E-state index contributed by atoms with van der Waals surface area (Å²) >= 11 is 0. The van der Waals surface area contributed by atoms with E-state index in [0.29, 0.717) is 48.3 Å². The first-order valence-electron chi connectivity index (χ1n) is 18.1. The standard InChI is InChI=1S/C36H38N10O12S4/c1-57-61(53,54)32-19-31(20-33(21-32)62(55,56)58-2)45-43-29-9-7-27(8-10-29)38-35-39-34(40-36(41-35)46-13-11-37-12-14-46)18-24-3-5-28(6-4-24)42-44-30-16-25(22-59(47,48)49)15-26(17-30)23-60(50,51)52/h3-10,15-17,19-21,37H,11-14,18,22-23H2,1-2H3,(H,47,48,49)(H,50,51,52)(H,38,39,40,41). The molecule has 0 bridgehead atoms. The number of hydrogen-bond donors (Lipinski definition) is 4. The Morgan fingerprint density at radius 1 is 0.613 bits per heavy atom. The summed E-state index contributed by atoms with van der Waals surface area (Å²) in [6.45, 7) is 2.80. The second-order valence-corrected chi connectivity index (χ2v) is 19.7. The van der Waals surface area contributed by atoms with Gasteiger partial charge in [-0.3, -0.25) is 17.5 Å². The van der Waals surface area contributed by atoms with Gasteiger partial charge in [-0.1, -0.05) is 18.2 Å².